The summed E-state index contributed by atoms with van der Waals surface area (Å²) in [5.41, 5.74) is 5.93. The fourth-order valence-electron chi connectivity index (χ4n) is 3.76. The first-order valence-corrected chi connectivity index (χ1v) is 11.0. The molecule has 1 aliphatic heterocycles. The van der Waals surface area contributed by atoms with E-state index >= 15 is 0 Å². The zero-order chi connectivity index (χ0) is 21.1. The molecule has 1 N–H and O–H groups in total. The van der Waals surface area contributed by atoms with E-state index in [1.807, 2.05) is 78.6 Å². The van der Waals surface area contributed by atoms with Gasteiger partial charge >= 0.3 is 0 Å². The molecule has 1 fully saturated rings. The first-order valence-electron chi connectivity index (χ1n) is 9.96. The lowest BCUT2D eigenvalue weighted by Crippen LogP contribution is -2.28. The van der Waals surface area contributed by atoms with E-state index in [1.165, 1.54) is 5.56 Å². The fraction of sp³-hybridized carbons (Fsp3) is 0.200. The maximum Gasteiger partial charge on any atom is 0.238 e. The van der Waals surface area contributed by atoms with Crippen LogP contribution in [0, 0.1) is 13.8 Å². The maximum atomic E-state index is 12.7. The second-order valence-electron chi connectivity index (χ2n) is 7.55. The molecule has 3 aromatic rings. The third kappa shape index (κ3) is 4.41. The van der Waals surface area contributed by atoms with Crippen LogP contribution >= 0.6 is 11.8 Å². The normalized spacial score (nSPS) is 16.0. The summed E-state index contributed by atoms with van der Waals surface area (Å²) in [5.74, 6) is 0.498. The van der Waals surface area contributed by atoms with Gasteiger partial charge in [0.2, 0.25) is 11.8 Å². The van der Waals surface area contributed by atoms with Crippen molar-refractivity contribution in [2.24, 2.45) is 0 Å². The van der Waals surface area contributed by atoms with Gasteiger partial charge in [-0.1, -0.05) is 60.2 Å². The Hall–Kier alpha value is -3.05. The van der Waals surface area contributed by atoms with Gasteiger partial charge in [0.05, 0.1) is 12.2 Å². The molecule has 1 aliphatic rings. The second-order valence-corrected chi connectivity index (χ2v) is 8.62. The monoisotopic (exact) mass is 416 g/mol. The average molecular weight is 417 g/mol. The van der Waals surface area contributed by atoms with Crippen LogP contribution in [0.2, 0.25) is 0 Å². The highest BCUT2D eigenvalue weighted by Crippen LogP contribution is 2.43. The Morgan fingerprint density at radius 1 is 1.03 bits per heavy atom. The van der Waals surface area contributed by atoms with Crippen molar-refractivity contribution in [3.63, 3.8) is 0 Å². The molecule has 152 valence electrons. The molecule has 0 saturated carbocycles. The highest BCUT2D eigenvalue weighted by atomic mass is 32.2. The van der Waals surface area contributed by atoms with Crippen molar-refractivity contribution in [1.82, 2.24) is 0 Å². The Bertz CT molecular complexity index is 1080. The van der Waals surface area contributed by atoms with Crippen LogP contribution in [0.3, 0.4) is 0 Å². The van der Waals surface area contributed by atoms with E-state index in [-0.39, 0.29) is 17.2 Å². The minimum absolute atomic E-state index is 0.0558. The van der Waals surface area contributed by atoms with Crippen LogP contribution < -0.4 is 10.2 Å². The van der Waals surface area contributed by atoms with Gasteiger partial charge < -0.3 is 5.32 Å². The Morgan fingerprint density at radius 2 is 1.83 bits per heavy atom. The Balaban J connectivity index is 1.55. The molecule has 0 spiro atoms. The zero-order valence-electron chi connectivity index (χ0n) is 17.1. The SMILES string of the molecule is Cc1ccc(N2C(=O)CSC2c2cccc(NC(=O)Cc3ccccc3)c2)c(C)c1. The second kappa shape index (κ2) is 8.76. The zero-order valence-corrected chi connectivity index (χ0v) is 17.9. The third-order valence-corrected chi connectivity index (χ3v) is 6.36. The Labute approximate surface area is 181 Å². The number of amides is 2. The molecule has 1 atom stereocenters. The van der Waals surface area contributed by atoms with E-state index in [1.54, 1.807) is 11.8 Å². The number of thioether (sulfide) groups is 1. The van der Waals surface area contributed by atoms with Crippen molar-refractivity contribution in [3.8, 4) is 0 Å². The number of carbonyl (C=O) groups is 2. The van der Waals surface area contributed by atoms with Crippen LogP contribution in [0.1, 0.15) is 27.6 Å². The van der Waals surface area contributed by atoms with Crippen LogP contribution in [0.25, 0.3) is 0 Å². The number of hydrogen-bond donors (Lipinski definition) is 1. The Morgan fingerprint density at radius 3 is 2.60 bits per heavy atom. The van der Waals surface area contributed by atoms with Crippen molar-refractivity contribution in [2.75, 3.05) is 16.0 Å². The van der Waals surface area contributed by atoms with E-state index < -0.39 is 0 Å². The number of nitrogens with one attached hydrogen (secondary N) is 1. The fourth-order valence-corrected chi connectivity index (χ4v) is 4.92. The summed E-state index contributed by atoms with van der Waals surface area (Å²) in [4.78, 5) is 27.0. The highest BCUT2D eigenvalue weighted by Gasteiger charge is 2.34. The molecule has 4 nitrogen and oxygen atoms in total. The molecule has 1 heterocycles. The number of hydrogen-bond acceptors (Lipinski definition) is 3. The quantitative estimate of drug-likeness (QED) is 0.617. The molecule has 1 unspecified atom stereocenters. The molecular weight excluding hydrogens is 392 g/mol. The van der Waals surface area contributed by atoms with Gasteiger partial charge in [-0.05, 0) is 48.7 Å². The molecule has 0 radical (unpaired) electrons. The van der Waals surface area contributed by atoms with E-state index in [0.717, 1.165) is 28.1 Å². The standard InChI is InChI=1S/C25H24N2O2S/c1-17-11-12-22(18(2)13-17)27-24(29)16-30-25(27)20-9-6-10-21(15-20)26-23(28)14-19-7-4-3-5-8-19/h3-13,15,25H,14,16H2,1-2H3,(H,26,28). The lowest BCUT2D eigenvalue weighted by molar-refractivity contribution is -0.116. The molecule has 3 aromatic carbocycles. The number of nitrogens with zero attached hydrogens (tertiary/aromatic N) is 1. The van der Waals surface area contributed by atoms with Gasteiger partial charge in [0.15, 0.2) is 0 Å². The topological polar surface area (TPSA) is 49.4 Å². The first kappa shape index (κ1) is 20.2. The maximum absolute atomic E-state index is 12.7. The van der Waals surface area contributed by atoms with E-state index in [4.69, 9.17) is 0 Å². The molecule has 0 bridgehead atoms. The predicted molar refractivity (Wildman–Crippen MR) is 124 cm³/mol. The van der Waals surface area contributed by atoms with Gasteiger partial charge in [-0.25, -0.2) is 0 Å². The van der Waals surface area contributed by atoms with Crippen molar-refractivity contribution >= 4 is 35.0 Å². The van der Waals surface area contributed by atoms with E-state index in [0.29, 0.717) is 12.2 Å². The summed E-state index contributed by atoms with van der Waals surface area (Å²) in [6.07, 6.45) is 0.330. The minimum atomic E-state index is -0.107. The summed E-state index contributed by atoms with van der Waals surface area (Å²) < 4.78 is 0. The van der Waals surface area contributed by atoms with Gasteiger partial charge in [0.1, 0.15) is 5.37 Å². The van der Waals surface area contributed by atoms with Gasteiger partial charge in [-0.3, -0.25) is 14.5 Å². The molecule has 2 amide bonds. The van der Waals surface area contributed by atoms with Crippen LogP contribution in [0.15, 0.2) is 72.8 Å². The largest absolute Gasteiger partial charge is 0.326 e. The summed E-state index contributed by atoms with van der Waals surface area (Å²) in [5, 5.41) is 2.88. The predicted octanol–water partition coefficient (Wildman–Crippen LogP) is 5.26. The van der Waals surface area contributed by atoms with Gasteiger partial charge in [-0.15, -0.1) is 11.8 Å². The molecule has 5 heteroatoms. The minimum Gasteiger partial charge on any atom is -0.326 e. The van der Waals surface area contributed by atoms with E-state index in [2.05, 4.69) is 18.3 Å². The first-order chi connectivity index (χ1) is 14.5. The van der Waals surface area contributed by atoms with Crippen LogP contribution in [-0.2, 0) is 16.0 Å². The van der Waals surface area contributed by atoms with Crippen molar-refractivity contribution < 1.29 is 9.59 Å². The van der Waals surface area contributed by atoms with Crippen molar-refractivity contribution in [3.05, 3.63) is 95.1 Å². The number of aryl methyl sites for hydroxylation is 2. The summed E-state index contributed by atoms with van der Waals surface area (Å²) in [6.45, 7) is 4.09. The van der Waals surface area contributed by atoms with Crippen molar-refractivity contribution in [1.29, 1.82) is 0 Å². The number of rotatable bonds is 5. The van der Waals surface area contributed by atoms with Crippen molar-refractivity contribution in [2.45, 2.75) is 25.6 Å². The highest BCUT2D eigenvalue weighted by molar-refractivity contribution is 8.00. The summed E-state index contributed by atoms with van der Waals surface area (Å²) in [6, 6.07) is 23.6. The summed E-state index contributed by atoms with van der Waals surface area (Å²) in [7, 11) is 0. The van der Waals surface area contributed by atoms with Crippen LogP contribution in [0.5, 0.6) is 0 Å². The number of anilines is 2. The number of carbonyl (C=O) groups excluding carboxylic acids is 2. The summed E-state index contributed by atoms with van der Waals surface area (Å²) >= 11 is 1.61. The lowest BCUT2D eigenvalue weighted by Gasteiger charge is -2.26. The smallest absolute Gasteiger partial charge is 0.238 e. The average Bonchev–Trinajstić information content (AvgIpc) is 3.10. The van der Waals surface area contributed by atoms with Crippen LogP contribution in [-0.4, -0.2) is 17.6 Å². The lowest BCUT2D eigenvalue weighted by atomic mass is 10.1. The van der Waals surface area contributed by atoms with Gasteiger partial charge in [0, 0.05) is 11.4 Å². The number of benzene rings is 3. The molecule has 0 aliphatic carbocycles. The van der Waals surface area contributed by atoms with E-state index in [9.17, 15) is 9.59 Å². The molecular formula is C25H24N2O2S. The molecule has 4 rings (SSSR count). The molecule has 0 aromatic heterocycles. The third-order valence-electron chi connectivity index (χ3n) is 5.14. The Kier molecular flexibility index (Phi) is 5.91. The van der Waals surface area contributed by atoms with Gasteiger partial charge in [0.25, 0.3) is 0 Å². The van der Waals surface area contributed by atoms with Crippen LogP contribution in [0.4, 0.5) is 11.4 Å². The molecule has 1 saturated heterocycles. The molecule has 30 heavy (non-hydrogen) atoms. The van der Waals surface area contributed by atoms with Gasteiger partial charge in [-0.2, -0.15) is 0 Å².